The molecule has 0 aromatic heterocycles. The van der Waals surface area contributed by atoms with Crippen LogP contribution in [0.5, 0.6) is 0 Å². The lowest BCUT2D eigenvalue weighted by Crippen LogP contribution is -2.03. The Labute approximate surface area is 116 Å². The number of anilines is 2. The van der Waals surface area contributed by atoms with E-state index in [9.17, 15) is 13.6 Å². The van der Waals surface area contributed by atoms with Gasteiger partial charge in [-0.05, 0) is 36.4 Å². The predicted octanol–water partition coefficient (Wildman–Crippen LogP) is 4.17. The van der Waals surface area contributed by atoms with Gasteiger partial charge in [-0.1, -0.05) is 15.9 Å². The van der Waals surface area contributed by atoms with Crippen LogP contribution in [-0.2, 0) is 0 Å². The molecule has 0 aliphatic heterocycles. The number of carbonyl (C=O) groups is 1. The molecule has 0 heterocycles. The Morgan fingerprint density at radius 2 is 1.63 bits per heavy atom. The first-order chi connectivity index (χ1) is 8.97. The van der Waals surface area contributed by atoms with E-state index in [-0.39, 0.29) is 5.69 Å². The summed E-state index contributed by atoms with van der Waals surface area (Å²) < 4.78 is 28.2. The molecular weight excluding hydrogens is 320 g/mol. The molecule has 6 heteroatoms. The zero-order valence-electron chi connectivity index (χ0n) is 9.45. The lowest BCUT2D eigenvalue weighted by atomic mass is 10.2. The molecular formula is C13H8BrF2NO2. The van der Waals surface area contributed by atoms with Crippen molar-refractivity contribution >= 4 is 33.3 Å². The summed E-state index contributed by atoms with van der Waals surface area (Å²) in [5, 5.41) is 11.3. The van der Waals surface area contributed by atoms with Gasteiger partial charge in [0.1, 0.15) is 5.69 Å². The standard InChI is InChI=1S/C13H8BrF2NO2/c14-8-1-3-9(4-2-8)17-12-10(15)5-7(13(18)19)6-11(12)16/h1-6,17H,(H,18,19). The number of rotatable bonds is 3. The second-order valence-electron chi connectivity index (χ2n) is 3.75. The highest BCUT2D eigenvalue weighted by molar-refractivity contribution is 9.10. The van der Waals surface area contributed by atoms with Gasteiger partial charge in [-0.3, -0.25) is 0 Å². The topological polar surface area (TPSA) is 49.3 Å². The van der Waals surface area contributed by atoms with Crippen LogP contribution in [0.25, 0.3) is 0 Å². The SMILES string of the molecule is O=C(O)c1cc(F)c(Nc2ccc(Br)cc2)c(F)c1. The molecule has 2 aromatic carbocycles. The van der Waals surface area contributed by atoms with Crippen LogP contribution in [0.4, 0.5) is 20.2 Å². The second kappa shape index (κ2) is 5.36. The van der Waals surface area contributed by atoms with Crippen LogP contribution >= 0.6 is 15.9 Å². The van der Waals surface area contributed by atoms with Crippen molar-refractivity contribution in [3.05, 3.63) is 58.1 Å². The van der Waals surface area contributed by atoms with Crippen molar-refractivity contribution < 1.29 is 18.7 Å². The Kier molecular flexibility index (Phi) is 3.80. The molecule has 0 unspecified atom stereocenters. The molecule has 0 saturated heterocycles. The first-order valence-electron chi connectivity index (χ1n) is 5.22. The molecule has 0 bridgehead atoms. The first kappa shape index (κ1) is 13.5. The monoisotopic (exact) mass is 327 g/mol. The zero-order valence-corrected chi connectivity index (χ0v) is 11.0. The van der Waals surface area contributed by atoms with Crippen molar-refractivity contribution in [2.24, 2.45) is 0 Å². The summed E-state index contributed by atoms with van der Waals surface area (Å²) >= 11 is 3.24. The summed E-state index contributed by atoms with van der Waals surface area (Å²) in [6.07, 6.45) is 0. The van der Waals surface area contributed by atoms with Crippen LogP contribution in [0.15, 0.2) is 40.9 Å². The third kappa shape index (κ3) is 3.08. The second-order valence-corrected chi connectivity index (χ2v) is 4.67. The Morgan fingerprint density at radius 3 is 2.11 bits per heavy atom. The summed E-state index contributed by atoms with van der Waals surface area (Å²) in [6, 6.07) is 8.23. The number of hydrogen-bond acceptors (Lipinski definition) is 2. The maximum atomic E-state index is 13.7. The van der Waals surface area contributed by atoms with E-state index in [1.54, 1.807) is 24.3 Å². The van der Waals surface area contributed by atoms with Crippen molar-refractivity contribution in [3.8, 4) is 0 Å². The van der Waals surface area contributed by atoms with Crippen LogP contribution in [0.1, 0.15) is 10.4 Å². The summed E-state index contributed by atoms with van der Waals surface area (Å²) in [5.74, 6) is -3.30. The Balaban J connectivity index is 2.35. The summed E-state index contributed by atoms with van der Waals surface area (Å²) in [7, 11) is 0. The normalized spacial score (nSPS) is 10.3. The molecule has 19 heavy (non-hydrogen) atoms. The van der Waals surface area contributed by atoms with Crippen molar-refractivity contribution in [1.82, 2.24) is 0 Å². The predicted molar refractivity (Wildman–Crippen MR) is 70.7 cm³/mol. The van der Waals surface area contributed by atoms with Gasteiger partial charge in [-0.15, -0.1) is 0 Å². The average molecular weight is 328 g/mol. The molecule has 0 radical (unpaired) electrons. The van der Waals surface area contributed by atoms with E-state index in [2.05, 4.69) is 21.2 Å². The van der Waals surface area contributed by atoms with Crippen molar-refractivity contribution in [2.45, 2.75) is 0 Å². The van der Waals surface area contributed by atoms with Gasteiger partial charge in [-0.2, -0.15) is 0 Å². The molecule has 0 amide bonds. The van der Waals surface area contributed by atoms with E-state index in [4.69, 9.17) is 5.11 Å². The fourth-order valence-electron chi connectivity index (χ4n) is 1.49. The third-order valence-corrected chi connectivity index (χ3v) is 2.93. The van der Waals surface area contributed by atoms with Gasteiger partial charge < -0.3 is 10.4 Å². The van der Waals surface area contributed by atoms with Gasteiger partial charge in [0.2, 0.25) is 0 Å². The van der Waals surface area contributed by atoms with E-state index in [1.807, 2.05) is 0 Å². The highest BCUT2D eigenvalue weighted by Gasteiger charge is 2.14. The van der Waals surface area contributed by atoms with Crippen LogP contribution in [0.3, 0.4) is 0 Å². The highest BCUT2D eigenvalue weighted by Crippen LogP contribution is 2.25. The summed E-state index contributed by atoms with van der Waals surface area (Å²) in [4.78, 5) is 10.7. The molecule has 0 atom stereocenters. The number of benzene rings is 2. The van der Waals surface area contributed by atoms with E-state index >= 15 is 0 Å². The number of nitrogens with one attached hydrogen (secondary N) is 1. The molecule has 0 fully saturated rings. The summed E-state index contributed by atoms with van der Waals surface area (Å²) in [5.41, 5.74) is -0.326. The quantitative estimate of drug-likeness (QED) is 0.889. The molecule has 0 aliphatic rings. The maximum Gasteiger partial charge on any atom is 0.335 e. The van der Waals surface area contributed by atoms with Gasteiger partial charge in [0.15, 0.2) is 11.6 Å². The Hall–Kier alpha value is -1.95. The first-order valence-corrected chi connectivity index (χ1v) is 6.01. The molecule has 2 aromatic rings. The zero-order chi connectivity index (χ0) is 14.0. The molecule has 2 N–H and O–H groups in total. The minimum absolute atomic E-state index is 0.382. The minimum Gasteiger partial charge on any atom is -0.478 e. The van der Waals surface area contributed by atoms with Crippen LogP contribution in [0.2, 0.25) is 0 Å². The van der Waals surface area contributed by atoms with Gasteiger partial charge in [0.25, 0.3) is 0 Å². The largest absolute Gasteiger partial charge is 0.478 e. The van der Waals surface area contributed by atoms with E-state index in [0.29, 0.717) is 5.69 Å². The summed E-state index contributed by atoms with van der Waals surface area (Å²) in [6.45, 7) is 0. The molecule has 0 spiro atoms. The van der Waals surface area contributed by atoms with Gasteiger partial charge in [0.05, 0.1) is 5.56 Å². The lowest BCUT2D eigenvalue weighted by molar-refractivity contribution is 0.0696. The van der Waals surface area contributed by atoms with Crippen LogP contribution in [0, 0.1) is 11.6 Å². The number of carboxylic acids is 1. The van der Waals surface area contributed by atoms with Crippen LogP contribution < -0.4 is 5.32 Å². The smallest absolute Gasteiger partial charge is 0.335 e. The average Bonchev–Trinajstić information content (AvgIpc) is 2.35. The van der Waals surface area contributed by atoms with E-state index in [1.165, 1.54) is 0 Å². The Morgan fingerprint density at radius 1 is 1.11 bits per heavy atom. The highest BCUT2D eigenvalue weighted by atomic mass is 79.9. The fourth-order valence-corrected chi connectivity index (χ4v) is 1.76. The maximum absolute atomic E-state index is 13.7. The fraction of sp³-hybridized carbons (Fsp3) is 0. The molecule has 0 aliphatic carbocycles. The number of carboxylic acid groups (broad SMARTS) is 1. The van der Waals surface area contributed by atoms with Gasteiger partial charge >= 0.3 is 5.97 Å². The molecule has 98 valence electrons. The molecule has 3 nitrogen and oxygen atoms in total. The van der Waals surface area contributed by atoms with Gasteiger partial charge in [-0.25, -0.2) is 13.6 Å². The molecule has 2 rings (SSSR count). The van der Waals surface area contributed by atoms with Crippen molar-refractivity contribution in [2.75, 3.05) is 5.32 Å². The number of aromatic carboxylic acids is 1. The number of hydrogen-bond donors (Lipinski definition) is 2. The minimum atomic E-state index is -1.38. The number of halogens is 3. The van der Waals surface area contributed by atoms with E-state index in [0.717, 1.165) is 16.6 Å². The lowest BCUT2D eigenvalue weighted by Gasteiger charge is -2.09. The van der Waals surface area contributed by atoms with Crippen LogP contribution in [-0.4, -0.2) is 11.1 Å². The van der Waals surface area contributed by atoms with Crippen molar-refractivity contribution in [1.29, 1.82) is 0 Å². The molecule has 0 saturated carbocycles. The van der Waals surface area contributed by atoms with E-state index < -0.39 is 23.2 Å². The third-order valence-electron chi connectivity index (χ3n) is 2.40. The van der Waals surface area contributed by atoms with Crippen molar-refractivity contribution in [3.63, 3.8) is 0 Å². The Bertz CT molecular complexity index is 606. The van der Waals surface area contributed by atoms with Gasteiger partial charge in [0, 0.05) is 10.2 Å².